The van der Waals surface area contributed by atoms with Crippen LogP contribution < -0.4 is 5.73 Å². The molecule has 2 N–H and O–H groups in total. The average molecular weight is 197 g/mol. The minimum atomic E-state index is 0.418. The van der Waals surface area contributed by atoms with E-state index in [9.17, 15) is 4.79 Å². The highest BCUT2D eigenvalue weighted by Gasteiger charge is 2.25. The molecule has 82 valence electrons. The summed E-state index contributed by atoms with van der Waals surface area (Å²) in [5.74, 6) is 2.22. The lowest BCUT2D eigenvalue weighted by Crippen LogP contribution is -2.20. The average Bonchev–Trinajstić information content (AvgIpc) is 2.86. The fourth-order valence-corrected chi connectivity index (χ4v) is 1.98. The van der Waals surface area contributed by atoms with Crippen molar-refractivity contribution >= 4 is 5.78 Å². The van der Waals surface area contributed by atoms with Crippen LogP contribution in [0.3, 0.4) is 0 Å². The van der Waals surface area contributed by atoms with E-state index in [4.69, 9.17) is 5.73 Å². The van der Waals surface area contributed by atoms with Gasteiger partial charge in [0.15, 0.2) is 0 Å². The van der Waals surface area contributed by atoms with E-state index >= 15 is 0 Å². The molecule has 0 saturated heterocycles. The minimum Gasteiger partial charge on any atom is -0.330 e. The highest BCUT2D eigenvalue weighted by molar-refractivity contribution is 5.79. The highest BCUT2D eigenvalue weighted by atomic mass is 16.1. The van der Waals surface area contributed by atoms with E-state index in [0.717, 1.165) is 18.8 Å². The highest BCUT2D eigenvalue weighted by Crippen LogP contribution is 2.33. The van der Waals surface area contributed by atoms with E-state index in [1.165, 1.54) is 12.8 Å². The van der Waals surface area contributed by atoms with Crippen molar-refractivity contribution in [2.75, 3.05) is 6.54 Å². The molecule has 2 heteroatoms. The van der Waals surface area contributed by atoms with Crippen molar-refractivity contribution in [2.45, 2.75) is 46.0 Å². The van der Waals surface area contributed by atoms with Gasteiger partial charge in [-0.25, -0.2) is 0 Å². The molecule has 0 heterocycles. The summed E-state index contributed by atoms with van der Waals surface area (Å²) >= 11 is 0. The first-order valence-electron chi connectivity index (χ1n) is 5.83. The van der Waals surface area contributed by atoms with Crippen molar-refractivity contribution in [2.24, 2.45) is 23.5 Å². The molecule has 1 fully saturated rings. The number of carbonyl (C=O) groups is 1. The van der Waals surface area contributed by atoms with Crippen LogP contribution in [-0.4, -0.2) is 12.3 Å². The number of carbonyl (C=O) groups excluding carboxylic acids is 1. The van der Waals surface area contributed by atoms with Crippen LogP contribution in [0.2, 0.25) is 0 Å². The smallest absolute Gasteiger partial charge is 0.133 e. The molecule has 2 nitrogen and oxygen atoms in total. The molecule has 0 spiro atoms. The molecule has 1 atom stereocenters. The fourth-order valence-electron chi connectivity index (χ4n) is 1.98. The topological polar surface area (TPSA) is 43.1 Å². The Morgan fingerprint density at radius 2 is 2.07 bits per heavy atom. The standard InChI is InChI=1S/C12H23NO/c1-9(2)5-11(8-13)7-12(14)6-10-3-4-10/h9-11H,3-8,13H2,1-2H3. The van der Waals surface area contributed by atoms with Crippen LogP contribution in [0.4, 0.5) is 0 Å². The summed E-state index contributed by atoms with van der Waals surface area (Å²) in [6.45, 7) is 5.04. The van der Waals surface area contributed by atoms with E-state index in [1.54, 1.807) is 0 Å². The lowest BCUT2D eigenvalue weighted by atomic mass is 9.91. The van der Waals surface area contributed by atoms with Gasteiger partial charge in [0, 0.05) is 12.8 Å². The summed E-state index contributed by atoms with van der Waals surface area (Å²) < 4.78 is 0. The number of hydrogen-bond acceptors (Lipinski definition) is 2. The monoisotopic (exact) mass is 197 g/mol. The normalized spacial score (nSPS) is 18.6. The third kappa shape index (κ3) is 4.75. The lowest BCUT2D eigenvalue weighted by Gasteiger charge is -2.15. The molecule has 0 aromatic carbocycles. The van der Waals surface area contributed by atoms with E-state index in [2.05, 4.69) is 13.8 Å². The molecule has 0 aromatic rings. The van der Waals surface area contributed by atoms with Gasteiger partial charge in [0.25, 0.3) is 0 Å². The van der Waals surface area contributed by atoms with E-state index in [0.29, 0.717) is 30.6 Å². The summed E-state index contributed by atoms with van der Waals surface area (Å²) in [4.78, 5) is 11.6. The number of nitrogens with two attached hydrogens (primary N) is 1. The van der Waals surface area contributed by atoms with Crippen LogP contribution in [0.15, 0.2) is 0 Å². The maximum absolute atomic E-state index is 11.6. The van der Waals surface area contributed by atoms with Crippen LogP contribution in [0.1, 0.15) is 46.0 Å². The molecule has 0 bridgehead atoms. The maximum atomic E-state index is 11.6. The molecular weight excluding hydrogens is 174 g/mol. The second-order valence-electron chi connectivity index (χ2n) is 5.12. The second-order valence-corrected chi connectivity index (χ2v) is 5.12. The van der Waals surface area contributed by atoms with Gasteiger partial charge in [-0.3, -0.25) is 4.79 Å². The zero-order valence-corrected chi connectivity index (χ0v) is 9.46. The summed E-state index contributed by atoms with van der Waals surface area (Å²) in [7, 11) is 0. The summed E-state index contributed by atoms with van der Waals surface area (Å²) in [5, 5.41) is 0. The van der Waals surface area contributed by atoms with Crippen molar-refractivity contribution < 1.29 is 4.79 Å². The zero-order chi connectivity index (χ0) is 10.6. The van der Waals surface area contributed by atoms with E-state index in [1.807, 2.05) is 0 Å². The molecule has 0 radical (unpaired) electrons. The molecule has 1 rings (SSSR count). The maximum Gasteiger partial charge on any atom is 0.133 e. The largest absolute Gasteiger partial charge is 0.330 e. The SMILES string of the molecule is CC(C)CC(CN)CC(=O)CC1CC1. The van der Waals surface area contributed by atoms with Gasteiger partial charge in [-0.1, -0.05) is 13.8 Å². The quantitative estimate of drug-likeness (QED) is 0.681. The molecule has 1 unspecified atom stereocenters. The Bertz CT molecular complexity index is 185. The Balaban J connectivity index is 2.19. The Hall–Kier alpha value is -0.370. The van der Waals surface area contributed by atoms with Gasteiger partial charge in [0.2, 0.25) is 0 Å². The zero-order valence-electron chi connectivity index (χ0n) is 9.46. The van der Waals surface area contributed by atoms with Gasteiger partial charge in [-0.15, -0.1) is 0 Å². The molecule has 1 aliphatic rings. The Morgan fingerprint density at radius 1 is 1.43 bits per heavy atom. The van der Waals surface area contributed by atoms with Gasteiger partial charge >= 0.3 is 0 Å². The van der Waals surface area contributed by atoms with Crippen molar-refractivity contribution in [1.29, 1.82) is 0 Å². The predicted molar refractivity (Wildman–Crippen MR) is 59.0 cm³/mol. The Kier molecular flexibility index (Phi) is 4.59. The Labute approximate surface area is 87.2 Å². The first-order valence-corrected chi connectivity index (χ1v) is 5.83. The molecule has 0 aromatic heterocycles. The fraction of sp³-hybridized carbons (Fsp3) is 0.917. The second kappa shape index (κ2) is 5.50. The van der Waals surface area contributed by atoms with E-state index in [-0.39, 0.29) is 0 Å². The van der Waals surface area contributed by atoms with Crippen LogP contribution in [-0.2, 0) is 4.79 Å². The number of rotatable bonds is 7. The third-order valence-electron chi connectivity index (χ3n) is 2.87. The summed E-state index contributed by atoms with van der Waals surface area (Å²) in [5.41, 5.74) is 5.66. The minimum absolute atomic E-state index is 0.418. The van der Waals surface area contributed by atoms with Crippen LogP contribution in [0, 0.1) is 17.8 Å². The molecule has 1 aliphatic carbocycles. The Morgan fingerprint density at radius 3 is 2.50 bits per heavy atom. The van der Waals surface area contributed by atoms with Gasteiger partial charge in [-0.2, -0.15) is 0 Å². The molecule has 14 heavy (non-hydrogen) atoms. The number of ketones is 1. The van der Waals surface area contributed by atoms with Crippen molar-refractivity contribution in [3.63, 3.8) is 0 Å². The number of hydrogen-bond donors (Lipinski definition) is 1. The summed E-state index contributed by atoms with van der Waals surface area (Å²) in [6, 6.07) is 0. The first kappa shape index (κ1) is 11.7. The van der Waals surface area contributed by atoms with E-state index < -0.39 is 0 Å². The van der Waals surface area contributed by atoms with Gasteiger partial charge in [0.05, 0.1) is 0 Å². The lowest BCUT2D eigenvalue weighted by molar-refractivity contribution is -0.120. The van der Waals surface area contributed by atoms with Crippen LogP contribution >= 0.6 is 0 Å². The van der Waals surface area contributed by atoms with Crippen molar-refractivity contribution in [1.82, 2.24) is 0 Å². The first-order chi connectivity index (χ1) is 6.61. The molecule has 1 saturated carbocycles. The van der Waals surface area contributed by atoms with Crippen LogP contribution in [0.5, 0.6) is 0 Å². The molecular formula is C12H23NO. The number of Topliss-reactive ketones (excluding diaryl/α,β-unsaturated/α-hetero) is 1. The molecule has 0 aliphatic heterocycles. The predicted octanol–water partition coefficient (Wildman–Crippen LogP) is 2.37. The van der Waals surface area contributed by atoms with Crippen molar-refractivity contribution in [3.8, 4) is 0 Å². The van der Waals surface area contributed by atoms with Crippen LogP contribution in [0.25, 0.3) is 0 Å². The molecule has 0 amide bonds. The third-order valence-corrected chi connectivity index (χ3v) is 2.87. The van der Waals surface area contributed by atoms with Gasteiger partial charge in [0.1, 0.15) is 5.78 Å². The van der Waals surface area contributed by atoms with Crippen molar-refractivity contribution in [3.05, 3.63) is 0 Å². The van der Waals surface area contributed by atoms with Gasteiger partial charge in [-0.05, 0) is 43.6 Å². The van der Waals surface area contributed by atoms with Gasteiger partial charge < -0.3 is 5.73 Å². The summed E-state index contributed by atoms with van der Waals surface area (Å²) in [6.07, 6.45) is 5.15.